The molecule has 0 amide bonds. The summed E-state index contributed by atoms with van der Waals surface area (Å²) >= 11 is 0. The Morgan fingerprint density at radius 3 is 2.61 bits per heavy atom. The second-order valence-electron chi connectivity index (χ2n) is 5.77. The molecule has 0 aliphatic heterocycles. The summed E-state index contributed by atoms with van der Waals surface area (Å²) in [5.41, 5.74) is 5.66. The van der Waals surface area contributed by atoms with E-state index in [4.69, 9.17) is 5.73 Å². The molecule has 2 rings (SSSR count). The highest BCUT2D eigenvalue weighted by Crippen LogP contribution is 2.47. The predicted octanol–water partition coefficient (Wildman–Crippen LogP) is 2.64. The average molecular weight is 251 g/mol. The summed E-state index contributed by atoms with van der Waals surface area (Å²) in [5.74, 6) is -0.253. The molecule has 1 unspecified atom stereocenters. The van der Waals surface area contributed by atoms with Crippen LogP contribution in [0.5, 0.6) is 0 Å². The van der Waals surface area contributed by atoms with E-state index in [9.17, 15) is 9.50 Å². The summed E-state index contributed by atoms with van der Waals surface area (Å²) in [6.07, 6.45) is 4.63. The van der Waals surface area contributed by atoms with Gasteiger partial charge in [0.05, 0.1) is 5.60 Å². The molecule has 3 N–H and O–H groups in total. The third-order valence-electron chi connectivity index (χ3n) is 4.53. The fourth-order valence-corrected chi connectivity index (χ4v) is 3.25. The van der Waals surface area contributed by atoms with Crippen molar-refractivity contribution in [2.45, 2.75) is 44.6 Å². The molecule has 3 heteroatoms. The number of benzene rings is 1. The Morgan fingerprint density at radius 2 is 2.06 bits per heavy atom. The van der Waals surface area contributed by atoms with Gasteiger partial charge in [0.2, 0.25) is 0 Å². The van der Waals surface area contributed by atoms with Crippen molar-refractivity contribution in [2.75, 3.05) is 6.54 Å². The summed E-state index contributed by atoms with van der Waals surface area (Å²) in [6, 6.07) is 6.46. The minimum absolute atomic E-state index is 0.209. The van der Waals surface area contributed by atoms with Gasteiger partial charge in [0.1, 0.15) is 5.82 Å². The van der Waals surface area contributed by atoms with E-state index >= 15 is 0 Å². The number of hydrogen-bond donors (Lipinski definition) is 2. The van der Waals surface area contributed by atoms with Gasteiger partial charge in [-0.25, -0.2) is 4.39 Å². The quantitative estimate of drug-likeness (QED) is 0.864. The van der Waals surface area contributed by atoms with Crippen LogP contribution in [0, 0.1) is 11.2 Å². The lowest BCUT2D eigenvalue weighted by Gasteiger charge is -2.42. The fraction of sp³-hybridized carbons (Fsp3) is 0.600. The topological polar surface area (TPSA) is 46.2 Å². The zero-order valence-corrected chi connectivity index (χ0v) is 11.0. The molecule has 1 aromatic rings. The van der Waals surface area contributed by atoms with Crippen molar-refractivity contribution in [3.63, 3.8) is 0 Å². The van der Waals surface area contributed by atoms with E-state index < -0.39 is 5.60 Å². The highest BCUT2D eigenvalue weighted by molar-refractivity contribution is 5.20. The van der Waals surface area contributed by atoms with Crippen molar-refractivity contribution in [1.29, 1.82) is 0 Å². The van der Waals surface area contributed by atoms with E-state index in [1.165, 1.54) is 12.1 Å². The molecule has 0 heterocycles. The van der Waals surface area contributed by atoms with Crippen LogP contribution in [0.2, 0.25) is 0 Å². The van der Waals surface area contributed by atoms with E-state index in [1.54, 1.807) is 6.07 Å². The molecule has 0 aromatic heterocycles. The number of aliphatic hydroxyl groups is 1. The summed E-state index contributed by atoms with van der Waals surface area (Å²) in [5, 5.41) is 10.8. The first-order valence-electron chi connectivity index (χ1n) is 6.66. The Morgan fingerprint density at radius 1 is 1.39 bits per heavy atom. The second kappa shape index (κ2) is 4.98. The van der Waals surface area contributed by atoms with Crippen molar-refractivity contribution in [2.24, 2.45) is 11.1 Å². The minimum Gasteiger partial charge on any atom is -0.389 e. The van der Waals surface area contributed by atoms with E-state index in [-0.39, 0.29) is 11.2 Å². The maximum Gasteiger partial charge on any atom is 0.123 e. The summed E-state index contributed by atoms with van der Waals surface area (Å²) in [6.45, 7) is 2.34. The zero-order chi connectivity index (χ0) is 13.2. The Bertz CT molecular complexity index is 411. The van der Waals surface area contributed by atoms with Gasteiger partial charge in [-0.3, -0.25) is 0 Å². The molecule has 0 bridgehead atoms. The van der Waals surface area contributed by atoms with Gasteiger partial charge in [0.25, 0.3) is 0 Å². The van der Waals surface area contributed by atoms with Crippen LogP contribution in [0.1, 0.15) is 38.2 Å². The summed E-state index contributed by atoms with van der Waals surface area (Å²) in [4.78, 5) is 0. The molecule has 0 spiro atoms. The highest BCUT2D eigenvalue weighted by atomic mass is 19.1. The van der Waals surface area contributed by atoms with Crippen molar-refractivity contribution >= 4 is 0 Å². The maximum absolute atomic E-state index is 13.2. The van der Waals surface area contributed by atoms with Crippen LogP contribution >= 0.6 is 0 Å². The molecule has 1 saturated carbocycles. The summed E-state index contributed by atoms with van der Waals surface area (Å²) < 4.78 is 13.2. The fourth-order valence-electron chi connectivity index (χ4n) is 3.25. The molecule has 1 fully saturated rings. The SMILES string of the molecule is CC(O)(Cc1cccc(F)c1)C1(CN)CCCC1. The Labute approximate surface area is 108 Å². The van der Waals surface area contributed by atoms with Gasteiger partial charge in [0.15, 0.2) is 0 Å². The minimum atomic E-state index is -0.869. The number of rotatable bonds is 4. The highest BCUT2D eigenvalue weighted by Gasteiger charge is 2.47. The van der Waals surface area contributed by atoms with Crippen LogP contribution in [-0.2, 0) is 6.42 Å². The van der Waals surface area contributed by atoms with Crippen molar-refractivity contribution < 1.29 is 9.50 Å². The van der Waals surface area contributed by atoms with Crippen molar-refractivity contribution in [3.05, 3.63) is 35.6 Å². The molecule has 1 aromatic carbocycles. The molecule has 18 heavy (non-hydrogen) atoms. The Balaban J connectivity index is 2.20. The molecule has 0 radical (unpaired) electrons. The van der Waals surface area contributed by atoms with Crippen molar-refractivity contribution in [1.82, 2.24) is 0 Å². The molecular formula is C15H22FNO. The molecule has 1 atom stereocenters. The van der Waals surface area contributed by atoms with E-state index in [1.807, 2.05) is 13.0 Å². The molecule has 0 saturated heterocycles. The third-order valence-corrected chi connectivity index (χ3v) is 4.53. The van der Waals surface area contributed by atoms with Crippen LogP contribution in [0.4, 0.5) is 4.39 Å². The van der Waals surface area contributed by atoms with Crippen LogP contribution in [0.15, 0.2) is 24.3 Å². The van der Waals surface area contributed by atoms with Crippen LogP contribution < -0.4 is 5.73 Å². The molecule has 1 aliphatic carbocycles. The molecule has 2 nitrogen and oxygen atoms in total. The molecule has 100 valence electrons. The van der Waals surface area contributed by atoms with Crippen LogP contribution in [-0.4, -0.2) is 17.3 Å². The zero-order valence-electron chi connectivity index (χ0n) is 11.0. The monoisotopic (exact) mass is 251 g/mol. The van der Waals surface area contributed by atoms with Gasteiger partial charge >= 0.3 is 0 Å². The Hall–Kier alpha value is -0.930. The first-order chi connectivity index (χ1) is 8.49. The van der Waals surface area contributed by atoms with Gasteiger partial charge in [-0.1, -0.05) is 25.0 Å². The van der Waals surface area contributed by atoms with Gasteiger partial charge in [0, 0.05) is 18.4 Å². The molecular weight excluding hydrogens is 229 g/mol. The van der Waals surface area contributed by atoms with Crippen LogP contribution in [0.25, 0.3) is 0 Å². The lowest BCUT2D eigenvalue weighted by molar-refractivity contribution is -0.0625. The van der Waals surface area contributed by atoms with Gasteiger partial charge in [-0.15, -0.1) is 0 Å². The molecule has 1 aliphatic rings. The van der Waals surface area contributed by atoms with E-state index in [0.29, 0.717) is 13.0 Å². The third kappa shape index (κ3) is 2.43. The van der Waals surface area contributed by atoms with Crippen molar-refractivity contribution in [3.8, 4) is 0 Å². The number of halogens is 1. The van der Waals surface area contributed by atoms with Gasteiger partial charge in [-0.2, -0.15) is 0 Å². The largest absolute Gasteiger partial charge is 0.389 e. The van der Waals surface area contributed by atoms with E-state index in [0.717, 1.165) is 31.2 Å². The van der Waals surface area contributed by atoms with Crippen LogP contribution in [0.3, 0.4) is 0 Å². The number of nitrogens with two attached hydrogens (primary N) is 1. The smallest absolute Gasteiger partial charge is 0.123 e. The maximum atomic E-state index is 13.2. The average Bonchev–Trinajstić information content (AvgIpc) is 2.78. The first kappa shape index (κ1) is 13.5. The summed E-state index contributed by atoms with van der Waals surface area (Å²) in [7, 11) is 0. The predicted molar refractivity (Wildman–Crippen MR) is 70.7 cm³/mol. The van der Waals surface area contributed by atoms with E-state index in [2.05, 4.69) is 0 Å². The lowest BCUT2D eigenvalue weighted by Crippen LogP contribution is -2.50. The first-order valence-corrected chi connectivity index (χ1v) is 6.66. The standard InChI is InChI=1S/C15H22FNO/c1-14(18,15(11-17)7-2-3-8-15)10-12-5-4-6-13(16)9-12/h4-6,9,18H,2-3,7-8,10-11,17H2,1H3. The number of hydrogen-bond acceptors (Lipinski definition) is 2. The lowest BCUT2D eigenvalue weighted by atomic mass is 9.68. The van der Waals surface area contributed by atoms with Gasteiger partial charge < -0.3 is 10.8 Å². The normalized spacial score (nSPS) is 21.8. The van der Waals surface area contributed by atoms with Gasteiger partial charge in [-0.05, 0) is 37.5 Å². The second-order valence-corrected chi connectivity index (χ2v) is 5.77. The Kier molecular flexibility index (Phi) is 3.74.